The maximum Gasteiger partial charge on any atom is 0.164 e. The van der Waals surface area contributed by atoms with Gasteiger partial charge in [-0.2, -0.15) is 0 Å². The van der Waals surface area contributed by atoms with Gasteiger partial charge in [-0.1, -0.05) is 125 Å². The molecule has 293 valence electrons. The molecule has 0 fully saturated rings. The number of thiophene rings is 1. The molecule has 6 rings (SSSR count). The Labute approximate surface area is 343 Å². The Kier molecular flexibility index (Phi) is 13.0. The SMILES string of the molecule is CCC(C)(CC)C(=O)/C=C(\O)C(C)(CC)CC.Cc1cc2c(c3sc4c(-c5[c-]c6ccccc6c(C(C)(C)C)c5)nccc4c13)C(C)(C)CCC2(C)C.[Ir]. The second-order valence-electron chi connectivity index (χ2n) is 18.5. The molecule has 0 saturated carbocycles. The number of rotatable bonds is 8. The zero-order valence-electron chi connectivity index (χ0n) is 35.5. The monoisotopic (exact) mass is 923 g/mol. The van der Waals surface area contributed by atoms with E-state index in [4.69, 9.17) is 4.98 Å². The third-order valence-corrected chi connectivity index (χ3v) is 14.3. The second-order valence-corrected chi connectivity index (χ2v) is 19.6. The number of hydrogen-bond donors (Lipinski definition) is 1. The van der Waals surface area contributed by atoms with Crippen molar-refractivity contribution >= 4 is 48.1 Å². The number of fused-ring (bicyclic) bond motifs is 6. The van der Waals surface area contributed by atoms with E-state index in [1.165, 1.54) is 61.2 Å². The quantitative estimate of drug-likeness (QED) is 0.0958. The number of allylic oxidation sites excluding steroid dienone is 2. The number of aliphatic hydroxyl groups excluding tert-OH is 1. The molecule has 0 saturated heterocycles. The maximum absolute atomic E-state index is 12.2. The van der Waals surface area contributed by atoms with Crippen LogP contribution in [0.3, 0.4) is 0 Å². The zero-order chi connectivity index (χ0) is 39.3. The summed E-state index contributed by atoms with van der Waals surface area (Å²) < 4.78 is 2.75. The van der Waals surface area contributed by atoms with Gasteiger partial charge in [-0.3, -0.25) is 9.78 Å². The Morgan fingerprint density at radius 2 is 1.44 bits per heavy atom. The van der Waals surface area contributed by atoms with Crippen molar-refractivity contribution in [2.45, 2.75) is 152 Å². The summed E-state index contributed by atoms with van der Waals surface area (Å²) in [7, 11) is 0. The molecule has 3 aromatic carbocycles. The van der Waals surface area contributed by atoms with Gasteiger partial charge in [0, 0.05) is 63.7 Å². The van der Waals surface area contributed by atoms with Gasteiger partial charge in [0.2, 0.25) is 0 Å². The summed E-state index contributed by atoms with van der Waals surface area (Å²) in [4.78, 5) is 17.2. The number of hydrogen-bond acceptors (Lipinski definition) is 4. The molecule has 0 unspecified atom stereocenters. The van der Waals surface area contributed by atoms with Crippen LogP contribution in [-0.4, -0.2) is 15.9 Å². The van der Waals surface area contributed by atoms with Crippen molar-refractivity contribution in [2.75, 3.05) is 0 Å². The number of ketones is 1. The summed E-state index contributed by atoms with van der Waals surface area (Å²) in [5.74, 6) is 0.286. The predicted octanol–water partition coefficient (Wildman–Crippen LogP) is 14.7. The van der Waals surface area contributed by atoms with E-state index in [2.05, 4.69) is 104 Å². The fourth-order valence-corrected chi connectivity index (χ4v) is 9.62. The Hall–Kier alpha value is -2.85. The van der Waals surface area contributed by atoms with Gasteiger partial charge in [-0.05, 0) is 89.8 Å². The Bertz CT molecular complexity index is 2190. The molecule has 3 nitrogen and oxygen atoms in total. The van der Waals surface area contributed by atoms with Gasteiger partial charge in [0.05, 0.1) is 0 Å². The molecular weight excluding hydrogens is 859 g/mol. The third-order valence-electron chi connectivity index (χ3n) is 13.1. The van der Waals surface area contributed by atoms with Gasteiger partial charge in [0.25, 0.3) is 0 Å². The van der Waals surface area contributed by atoms with E-state index >= 15 is 0 Å². The van der Waals surface area contributed by atoms with E-state index in [1.54, 1.807) is 5.56 Å². The van der Waals surface area contributed by atoms with Crippen molar-refractivity contribution in [3.05, 3.63) is 88.8 Å². The van der Waals surface area contributed by atoms with Crippen molar-refractivity contribution in [2.24, 2.45) is 10.8 Å². The van der Waals surface area contributed by atoms with Gasteiger partial charge >= 0.3 is 0 Å². The summed E-state index contributed by atoms with van der Waals surface area (Å²) >= 11 is 1.95. The van der Waals surface area contributed by atoms with E-state index in [0.29, 0.717) is 0 Å². The van der Waals surface area contributed by atoms with Crippen molar-refractivity contribution in [1.29, 1.82) is 0 Å². The minimum Gasteiger partial charge on any atom is -0.512 e. The minimum absolute atomic E-state index is 0. The fourth-order valence-electron chi connectivity index (χ4n) is 8.02. The van der Waals surface area contributed by atoms with Gasteiger partial charge < -0.3 is 5.11 Å². The second kappa shape index (κ2) is 16.0. The Morgan fingerprint density at radius 3 is 2.04 bits per heavy atom. The molecule has 0 bridgehead atoms. The third kappa shape index (κ3) is 8.03. The molecule has 1 radical (unpaired) electrons. The largest absolute Gasteiger partial charge is 0.512 e. The van der Waals surface area contributed by atoms with Crippen molar-refractivity contribution < 1.29 is 30.0 Å². The summed E-state index contributed by atoms with van der Waals surface area (Å²) in [5.41, 5.74) is 7.79. The van der Waals surface area contributed by atoms with Crippen LogP contribution in [0.15, 0.2) is 60.5 Å². The molecule has 1 aliphatic carbocycles. The van der Waals surface area contributed by atoms with Crippen LogP contribution >= 0.6 is 11.3 Å². The van der Waals surface area contributed by atoms with Gasteiger partial charge in [-0.25, -0.2) is 0 Å². The fraction of sp³-hybridized carbons (Fsp3) is 0.510. The molecule has 5 aromatic rings. The zero-order valence-corrected chi connectivity index (χ0v) is 38.7. The van der Waals surface area contributed by atoms with E-state index in [1.807, 2.05) is 59.1 Å². The predicted molar refractivity (Wildman–Crippen MR) is 231 cm³/mol. The molecule has 2 aromatic heterocycles. The molecule has 0 spiro atoms. The van der Waals surface area contributed by atoms with Crippen molar-refractivity contribution in [3.8, 4) is 11.3 Å². The number of benzene rings is 3. The van der Waals surface area contributed by atoms with Crippen LogP contribution in [0.4, 0.5) is 0 Å². The molecule has 54 heavy (non-hydrogen) atoms. The van der Waals surface area contributed by atoms with Crippen LogP contribution in [0.2, 0.25) is 0 Å². The molecule has 2 heterocycles. The average molecular weight is 923 g/mol. The smallest absolute Gasteiger partial charge is 0.164 e. The first-order valence-electron chi connectivity index (χ1n) is 19.9. The van der Waals surface area contributed by atoms with Crippen molar-refractivity contribution in [1.82, 2.24) is 4.98 Å². The first-order chi connectivity index (χ1) is 24.7. The summed E-state index contributed by atoms with van der Waals surface area (Å²) in [6, 6.07) is 19.4. The van der Waals surface area contributed by atoms with Crippen LogP contribution < -0.4 is 0 Å². The van der Waals surface area contributed by atoms with Crippen LogP contribution in [0.5, 0.6) is 0 Å². The van der Waals surface area contributed by atoms with Crippen LogP contribution in [0.25, 0.3) is 42.2 Å². The molecular formula is C49H64IrNO2S-. The number of carbonyl (C=O) groups excluding carboxylic acids is 1. The van der Waals surface area contributed by atoms with Crippen LogP contribution in [-0.2, 0) is 41.1 Å². The minimum atomic E-state index is -0.337. The number of pyridine rings is 1. The molecule has 0 atom stereocenters. The number of carbonyl (C=O) groups is 1. The first kappa shape index (κ1) is 43.9. The maximum atomic E-state index is 12.2. The summed E-state index contributed by atoms with van der Waals surface area (Å²) in [6.45, 7) is 31.0. The van der Waals surface area contributed by atoms with Gasteiger partial charge in [0.1, 0.15) is 5.76 Å². The average Bonchev–Trinajstić information content (AvgIpc) is 3.52. The molecule has 0 aliphatic heterocycles. The molecule has 0 amide bonds. The first-order valence-corrected chi connectivity index (χ1v) is 20.8. The normalized spacial score (nSPS) is 15.8. The Balaban J connectivity index is 0.000000309. The van der Waals surface area contributed by atoms with Crippen molar-refractivity contribution in [3.63, 3.8) is 0 Å². The standard InChI is InChI=1S/C34H36NS.C15H28O2.Ir/c1-20-17-26-28(34(7,8)15-14-33(26,5)6)31-27(20)24-13-16-35-29(30(24)36-31)22-18-21-11-9-10-12-23(21)25(19-22)32(2,3)4;1-7-14(5,8-2)12(16)11-13(17)15(6,9-3)10-4;/h9-13,16-17,19H,14-15H2,1-8H3;11,16H,7-10H2,1-6H3;/q-1;;/b;12-11-;. The summed E-state index contributed by atoms with van der Waals surface area (Å²) in [5, 5.41) is 15.3. The van der Waals surface area contributed by atoms with E-state index in [-0.39, 0.29) is 58.7 Å². The van der Waals surface area contributed by atoms with Gasteiger partial charge in [-0.15, -0.1) is 40.5 Å². The van der Waals surface area contributed by atoms with Crippen LogP contribution in [0.1, 0.15) is 151 Å². The Morgan fingerprint density at radius 1 is 0.852 bits per heavy atom. The van der Waals surface area contributed by atoms with E-state index in [0.717, 1.165) is 42.3 Å². The number of nitrogens with zero attached hydrogens (tertiary/aromatic N) is 1. The number of aliphatic hydroxyl groups is 1. The molecule has 5 heteroatoms. The van der Waals surface area contributed by atoms with Gasteiger partial charge in [0.15, 0.2) is 5.78 Å². The molecule has 1 N–H and O–H groups in total. The number of aromatic nitrogens is 1. The van der Waals surface area contributed by atoms with E-state index in [9.17, 15) is 9.90 Å². The van der Waals surface area contributed by atoms with E-state index < -0.39 is 0 Å². The topological polar surface area (TPSA) is 50.2 Å². The summed E-state index contributed by atoms with van der Waals surface area (Å²) in [6.07, 6.45) is 9.21. The molecule has 1 aliphatic rings. The number of aryl methyl sites for hydroxylation is 1. The van der Waals surface area contributed by atoms with Crippen LogP contribution in [0, 0.1) is 23.8 Å².